The molecule has 2 N–H and O–H groups in total. The number of aromatic amines is 1. The summed E-state index contributed by atoms with van der Waals surface area (Å²) < 4.78 is 5.46. The highest BCUT2D eigenvalue weighted by Crippen LogP contribution is 2.27. The molecule has 1 saturated heterocycles. The topological polar surface area (TPSA) is 83.1 Å². The van der Waals surface area contributed by atoms with Gasteiger partial charge in [-0.05, 0) is 30.7 Å². The number of amides is 2. The van der Waals surface area contributed by atoms with E-state index in [4.69, 9.17) is 27.9 Å². The molecule has 2 amide bonds. The van der Waals surface area contributed by atoms with Gasteiger partial charge in [0.2, 0.25) is 0 Å². The Morgan fingerprint density at radius 1 is 1.50 bits per heavy atom. The molecule has 0 saturated carbocycles. The van der Waals surface area contributed by atoms with E-state index in [-0.39, 0.29) is 18.1 Å². The first kappa shape index (κ1) is 17.0. The van der Waals surface area contributed by atoms with Crippen LogP contribution >= 0.6 is 23.2 Å². The maximum atomic E-state index is 12.7. The third kappa shape index (κ3) is 3.63. The van der Waals surface area contributed by atoms with Crippen LogP contribution in [0.25, 0.3) is 0 Å². The predicted molar refractivity (Wildman–Crippen MR) is 90.1 cm³/mol. The SMILES string of the molecule is C[C@@H](NC(=O)N1CCOCC1c1ncn[nH]1)c1cc(Cl)ccc1Cl. The van der Waals surface area contributed by atoms with Gasteiger partial charge in [-0.25, -0.2) is 9.78 Å². The molecular weight excluding hydrogens is 353 g/mol. The molecule has 128 valence electrons. The van der Waals surface area contributed by atoms with Crippen molar-refractivity contribution in [2.45, 2.75) is 19.0 Å². The van der Waals surface area contributed by atoms with Crippen molar-refractivity contribution in [3.63, 3.8) is 0 Å². The van der Waals surface area contributed by atoms with Gasteiger partial charge in [-0.2, -0.15) is 5.10 Å². The summed E-state index contributed by atoms with van der Waals surface area (Å²) in [7, 11) is 0. The number of H-pyrrole nitrogens is 1. The number of rotatable bonds is 3. The second kappa shape index (κ2) is 7.38. The largest absolute Gasteiger partial charge is 0.377 e. The number of carbonyl (C=O) groups excluding carboxylic acids is 1. The first-order valence-electron chi connectivity index (χ1n) is 7.51. The van der Waals surface area contributed by atoms with Crippen molar-refractivity contribution >= 4 is 29.2 Å². The normalized spacial score (nSPS) is 19.1. The maximum Gasteiger partial charge on any atom is 0.318 e. The smallest absolute Gasteiger partial charge is 0.318 e. The van der Waals surface area contributed by atoms with E-state index < -0.39 is 0 Å². The van der Waals surface area contributed by atoms with Gasteiger partial charge in [0.05, 0.1) is 19.3 Å². The Bertz CT molecular complexity index is 710. The highest BCUT2D eigenvalue weighted by molar-refractivity contribution is 6.33. The lowest BCUT2D eigenvalue weighted by atomic mass is 10.1. The number of nitrogens with zero attached hydrogens (tertiary/aromatic N) is 3. The second-order valence-electron chi connectivity index (χ2n) is 5.49. The highest BCUT2D eigenvalue weighted by Gasteiger charge is 2.31. The minimum absolute atomic E-state index is 0.219. The van der Waals surface area contributed by atoms with Crippen LogP contribution in [-0.2, 0) is 4.74 Å². The molecular formula is C15H17Cl2N5O2. The van der Waals surface area contributed by atoms with Crippen molar-refractivity contribution in [3.05, 3.63) is 46.0 Å². The Morgan fingerprint density at radius 3 is 3.08 bits per heavy atom. The molecule has 24 heavy (non-hydrogen) atoms. The van der Waals surface area contributed by atoms with Crippen LogP contribution in [0.1, 0.15) is 30.4 Å². The summed E-state index contributed by atoms with van der Waals surface area (Å²) in [5.41, 5.74) is 0.766. The van der Waals surface area contributed by atoms with E-state index in [2.05, 4.69) is 20.5 Å². The summed E-state index contributed by atoms with van der Waals surface area (Å²) in [6.45, 7) is 3.17. The minimum atomic E-state index is -0.303. The van der Waals surface area contributed by atoms with Crippen LogP contribution in [-0.4, -0.2) is 45.9 Å². The lowest BCUT2D eigenvalue weighted by molar-refractivity contribution is 0.00822. The summed E-state index contributed by atoms with van der Waals surface area (Å²) >= 11 is 12.2. The molecule has 1 aliphatic heterocycles. The summed E-state index contributed by atoms with van der Waals surface area (Å²) in [6, 6.07) is 4.37. The molecule has 2 atom stereocenters. The molecule has 0 spiro atoms. The van der Waals surface area contributed by atoms with Gasteiger partial charge >= 0.3 is 6.03 Å². The molecule has 1 aromatic carbocycles. The number of benzene rings is 1. The van der Waals surface area contributed by atoms with Crippen LogP contribution in [0.4, 0.5) is 4.79 Å². The van der Waals surface area contributed by atoms with Gasteiger partial charge in [0, 0.05) is 16.6 Å². The van der Waals surface area contributed by atoms with Crippen LogP contribution in [0.15, 0.2) is 24.5 Å². The zero-order valence-electron chi connectivity index (χ0n) is 13.0. The molecule has 0 bridgehead atoms. The lowest BCUT2D eigenvalue weighted by Gasteiger charge is -2.35. The number of aromatic nitrogens is 3. The van der Waals surface area contributed by atoms with E-state index >= 15 is 0 Å². The first-order valence-corrected chi connectivity index (χ1v) is 8.27. The van der Waals surface area contributed by atoms with Gasteiger partial charge in [-0.1, -0.05) is 23.2 Å². The zero-order chi connectivity index (χ0) is 17.1. The van der Waals surface area contributed by atoms with Crippen LogP contribution < -0.4 is 5.32 Å². The van der Waals surface area contributed by atoms with Crippen LogP contribution in [0.5, 0.6) is 0 Å². The molecule has 1 unspecified atom stereocenters. The van der Waals surface area contributed by atoms with E-state index in [9.17, 15) is 4.79 Å². The van der Waals surface area contributed by atoms with Crippen LogP contribution in [0, 0.1) is 0 Å². The number of morpholine rings is 1. The summed E-state index contributed by atoms with van der Waals surface area (Å²) in [5.74, 6) is 0.596. The first-order chi connectivity index (χ1) is 11.6. The van der Waals surface area contributed by atoms with Crippen molar-refractivity contribution in [1.29, 1.82) is 0 Å². The van der Waals surface area contributed by atoms with Crippen LogP contribution in [0.2, 0.25) is 10.0 Å². The van der Waals surface area contributed by atoms with E-state index in [0.717, 1.165) is 5.56 Å². The van der Waals surface area contributed by atoms with Gasteiger partial charge in [0.1, 0.15) is 18.2 Å². The predicted octanol–water partition coefficient (Wildman–Crippen LogP) is 2.96. The maximum absolute atomic E-state index is 12.7. The Morgan fingerprint density at radius 2 is 2.33 bits per heavy atom. The Hall–Kier alpha value is -1.83. The van der Waals surface area contributed by atoms with Gasteiger partial charge in [0.25, 0.3) is 0 Å². The molecule has 2 aromatic rings. The zero-order valence-corrected chi connectivity index (χ0v) is 14.5. The number of nitrogens with one attached hydrogen (secondary N) is 2. The number of hydrogen-bond donors (Lipinski definition) is 2. The third-order valence-electron chi connectivity index (χ3n) is 3.90. The van der Waals surface area contributed by atoms with Crippen molar-refractivity contribution in [1.82, 2.24) is 25.4 Å². The molecule has 3 rings (SSSR count). The van der Waals surface area contributed by atoms with Crippen molar-refractivity contribution in [2.24, 2.45) is 0 Å². The molecule has 9 heteroatoms. The van der Waals surface area contributed by atoms with Gasteiger partial charge < -0.3 is 15.0 Å². The van der Waals surface area contributed by atoms with Crippen LogP contribution in [0.3, 0.4) is 0 Å². The Balaban J connectivity index is 1.74. The van der Waals surface area contributed by atoms with Gasteiger partial charge in [-0.15, -0.1) is 0 Å². The lowest BCUT2D eigenvalue weighted by Crippen LogP contribution is -2.49. The number of halogens is 2. The number of urea groups is 1. The van der Waals surface area contributed by atoms with E-state index in [1.165, 1.54) is 6.33 Å². The molecule has 2 heterocycles. The Labute approximate surface area is 149 Å². The fourth-order valence-corrected chi connectivity index (χ4v) is 3.10. The molecule has 0 radical (unpaired) electrons. The van der Waals surface area contributed by atoms with Crippen molar-refractivity contribution < 1.29 is 9.53 Å². The summed E-state index contributed by atoms with van der Waals surface area (Å²) in [6.07, 6.45) is 1.41. The second-order valence-corrected chi connectivity index (χ2v) is 6.34. The highest BCUT2D eigenvalue weighted by atomic mass is 35.5. The minimum Gasteiger partial charge on any atom is -0.377 e. The average molecular weight is 370 g/mol. The monoisotopic (exact) mass is 369 g/mol. The molecule has 1 aromatic heterocycles. The summed E-state index contributed by atoms with van der Waals surface area (Å²) in [5, 5.41) is 10.7. The average Bonchev–Trinajstić information content (AvgIpc) is 3.11. The van der Waals surface area contributed by atoms with E-state index in [1.54, 1.807) is 23.1 Å². The third-order valence-corrected chi connectivity index (χ3v) is 4.48. The quantitative estimate of drug-likeness (QED) is 0.870. The number of ether oxygens (including phenoxy) is 1. The Kier molecular flexibility index (Phi) is 5.23. The molecule has 1 aliphatic rings. The van der Waals surface area contributed by atoms with E-state index in [0.29, 0.717) is 35.6 Å². The fourth-order valence-electron chi connectivity index (χ4n) is 2.64. The van der Waals surface area contributed by atoms with Crippen molar-refractivity contribution in [2.75, 3.05) is 19.8 Å². The van der Waals surface area contributed by atoms with Gasteiger partial charge in [-0.3, -0.25) is 5.10 Å². The fraction of sp³-hybridized carbons (Fsp3) is 0.400. The standard InChI is InChI=1S/C15H17Cl2N5O2/c1-9(11-6-10(16)2-3-12(11)17)20-15(23)22-4-5-24-7-13(22)14-18-8-19-21-14/h2-3,6,8-9,13H,4-5,7H2,1H3,(H,20,23)(H,18,19,21)/t9-,13?/m1/s1. The van der Waals surface area contributed by atoms with Gasteiger partial charge in [0.15, 0.2) is 0 Å². The number of hydrogen-bond acceptors (Lipinski definition) is 4. The van der Waals surface area contributed by atoms with E-state index in [1.807, 2.05) is 6.92 Å². The molecule has 7 nitrogen and oxygen atoms in total. The van der Waals surface area contributed by atoms with Crippen molar-refractivity contribution in [3.8, 4) is 0 Å². The molecule has 1 fully saturated rings. The number of carbonyl (C=O) groups is 1. The molecule has 0 aliphatic carbocycles. The summed E-state index contributed by atoms with van der Waals surface area (Å²) in [4.78, 5) is 18.5.